The molecule has 1 aromatic carbocycles. The van der Waals surface area contributed by atoms with Crippen molar-refractivity contribution in [2.24, 2.45) is 11.8 Å². The lowest BCUT2D eigenvalue weighted by molar-refractivity contribution is 0.183. The Morgan fingerprint density at radius 3 is 2.58 bits per heavy atom. The second-order valence-corrected chi connectivity index (χ2v) is 5.95. The van der Waals surface area contributed by atoms with Crippen LogP contribution in [-0.4, -0.2) is 9.78 Å². The number of benzene rings is 1. The number of rotatable bonds is 3. The summed E-state index contributed by atoms with van der Waals surface area (Å²) in [6.07, 6.45) is 2.61. The lowest BCUT2D eigenvalue weighted by Crippen LogP contribution is -2.26. The molecule has 1 aliphatic rings. The van der Waals surface area contributed by atoms with Crippen LogP contribution in [0.15, 0.2) is 30.3 Å². The highest BCUT2D eigenvalue weighted by Crippen LogP contribution is 2.34. The molecule has 3 nitrogen and oxygen atoms in total. The molecule has 0 atom stereocenters. The number of anilines is 1. The van der Waals surface area contributed by atoms with Gasteiger partial charge in [0, 0.05) is 18.2 Å². The predicted molar refractivity (Wildman–Crippen MR) is 78.7 cm³/mol. The Kier molecular flexibility index (Phi) is 3.05. The number of nitrogens with two attached hydrogens (primary N) is 1. The zero-order valence-corrected chi connectivity index (χ0v) is 11.6. The molecule has 1 aliphatic carbocycles. The minimum Gasteiger partial charge on any atom is -0.384 e. The molecule has 0 amide bonds. The van der Waals surface area contributed by atoms with Crippen molar-refractivity contribution in [2.45, 2.75) is 33.2 Å². The van der Waals surface area contributed by atoms with Crippen LogP contribution in [0.25, 0.3) is 11.3 Å². The Morgan fingerprint density at radius 2 is 1.95 bits per heavy atom. The molecule has 0 spiro atoms. The number of nitrogens with zero attached hydrogens (tertiary/aromatic N) is 2. The van der Waals surface area contributed by atoms with Crippen LogP contribution >= 0.6 is 0 Å². The maximum atomic E-state index is 6.07. The monoisotopic (exact) mass is 255 g/mol. The van der Waals surface area contributed by atoms with Crippen molar-refractivity contribution in [1.29, 1.82) is 0 Å². The topological polar surface area (TPSA) is 43.8 Å². The zero-order chi connectivity index (χ0) is 13.4. The summed E-state index contributed by atoms with van der Waals surface area (Å²) in [6.45, 7) is 5.36. The van der Waals surface area contributed by atoms with E-state index < -0.39 is 0 Å². The van der Waals surface area contributed by atoms with Gasteiger partial charge >= 0.3 is 0 Å². The fourth-order valence-corrected chi connectivity index (χ4v) is 2.91. The fraction of sp³-hybridized carbons (Fsp3) is 0.438. The summed E-state index contributed by atoms with van der Waals surface area (Å²) >= 11 is 0. The molecule has 0 saturated heterocycles. The van der Waals surface area contributed by atoms with E-state index in [1.807, 2.05) is 10.7 Å². The summed E-state index contributed by atoms with van der Waals surface area (Å²) in [5.41, 5.74) is 9.45. The average Bonchev–Trinajstić information content (AvgIpc) is 2.70. The first-order valence-corrected chi connectivity index (χ1v) is 7.02. The van der Waals surface area contributed by atoms with Gasteiger partial charge in [0.15, 0.2) is 0 Å². The molecule has 3 rings (SSSR count). The minimum absolute atomic E-state index is 0.753. The molecule has 3 heteroatoms. The van der Waals surface area contributed by atoms with Crippen molar-refractivity contribution in [2.75, 3.05) is 5.73 Å². The van der Waals surface area contributed by atoms with Gasteiger partial charge in [0.05, 0.1) is 5.69 Å². The fourth-order valence-electron chi connectivity index (χ4n) is 2.91. The van der Waals surface area contributed by atoms with Gasteiger partial charge in [-0.2, -0.15) is 5.10 Å². The summed E-state index contributed by atoms with van der Waals surface area (Å²) in [5.74, 6) is 2.40. The Morgan fingerprint density at radius 1 is 1.26 bits per heavy atom. The Bertz CT molecular complexity index is 562. The molecule has 19 heavy (non-hydrogen) atoms. The summed E-state index contributed by atoms with van der Waals surface area (Å²) in [7, 11) is 0. The van der Waals surface area contributed by atoms with Crippen molar-refractivity contribution in [3.63, 3.8) is 0 Å². The van der Waals surface area contributed by atoms with E-state index in [4.69, 9.17) is 5.73 Å². The van der Waals surface area contributed by atoms with Crippen LogP contribution in [0.5, 0.6) is 0 Å². The molecule has 1 fully saturated rings. The van der Waals surface area contributed by atoms with Crippen molar-refractivity contribution in [1.82, 2.24) is 9.78 Å². The maximum Gasteiger partial charge on any atom is 0.122 e. The summed E-state index contributed by atoms with van der Waals surface area (Å²) in [6, 6.07) is 10.4. The quantitative estimate of drug-likeness (QED) is 0.912. The molecule has 0 unspecified atom stereocenters. The third kappa shape index (κ3) is 2.50. The van der Waals surface area contributed by atoms with Gasteiger partial charge < -0.3 is 5.73 Å². The van der Waals surface area contributed by atoms with Gasteiger partial charge in [-0.05, 0) is 31.6 Å². The first-order chi connectivity index (χ1) is 9.11. The van der Waals surface area contributed by atoms with E-state index in [1.54, 1.807) is 0 Å². The van der Waals surface area contributed by atoms with E-state index in [0.29, 0.717) is 0 Å². The third-order valence-electron chi connectivity index (χ3n) is 4.06. The molecule has 0 aliphatic heterocycles. The van der Waals surface area contributed by atoms with E-state index in [-0.39, 0.29) is 0 Å². The van der Waals surface area contributed by atoms with Crippen molar-refractivity contribution in [3.8, 4) is 11.3 Å². The lowest BCUT2D eigenvalue weighted by Gasteiger charge is -2.32. The van der Waals surface area contributed by atoms with Crippen LogP contribution in [0, 0.1) is 18.8 Å². The second kappa shape index (κ2) is 4.72. The smallest absolute Gasteiger partial charge is 0.122 e. The standard InChI is InChI=1S/C16H21N3/c1-11-3-5-14(6-4-11)15-9-16(17)19(18-15)10-13-7-12(2)8-13/h3-6,9,12-13H,7-8,10,17H2,1-2H3. The highest BCUT2D eigenvalue weighted by atomic mass is 15.3. The zero-order valence-electron chi connectivity index (χ0n) is 11.6. The Labute approximate surface area is 114 Å². The Balaban J connectivity index is 1.78. The van der Waals surface area contributed by atoms with Gasteiger partial charge in [-0.1, -0.05) is 36.8 Å². The van der Waals surface area contributed by atoms with Crippen LogP contribution in [0.3, 0.4) is 0 Å². The molecule has 1 heterocycles. The van der Waals surface area contributed by atoms with E-state index >= 15 is 0 Å². The highest BCUT2D eigenvalue weighted by molar-refractivity contribution is 5.62. The molecular formula is C16H21N3. The van der Waals surface area contributed by atoms with E-state index in [1.165, 1.54) is 18.4 Å². The van der Waals surface area contributed by atoms with Crippen LogP contribution in [0.2, 0.25) is 0 Å². The number of hydrogen-bond donors (Lipinski definition) is 1. The van der Waals surface area contributed by atoms with E-state index in [0.717, 1.165) is 35.5 Å². The second-order valence-electron chi connectivity index (χ2n) is 5.95. The normalized spacial score (nSPS) is 22.2. The van der Waals surface area contributed by atoms with Crippen LogP contribution < -0.4 is 5.73 Å². The molecular weight excluding hydrogens is 234 g/mol. The molecule has 2 aromatic rings. The Hall–Kier alpha value is -1.77. The molecule has 0 radical (unpaired) electrons. The summed E-state index contributed by atoms with van der Waals surface area (Å²) in [4.78, 5) is 0. The molecule has 1 aromatic heterocycles. The van der Waals surface area contributed by atoms with Crippen LogP contribution in [0.4, 0.5) is 5.82 Å². The molecule has 0 bridgehead atoms. The number of nitrogen functional groups attached to an aromatic ring is 1. The van der Waals surface area contributed by atoms with Gasteiger partial charge in [-0.25, -0.2) is 4.68 Å². The largest absolute Gasteiger partial charge is 0.384 e. The predicted octanol–water partition coefficient (Wildman–Crippen LogP) is 3.49. The van der Waals surface area contributed by atoms with Gasteiger partial charge in [0.1, 0.15) is 5.82 Å². The van der Waals surface area contributed by atoms with Crippen molar-refractivity contribution >= 4 is 5.82 Å². The summed E-state index contributed by atoms with van der Waals surface area (Å²) in [5, 5.41) is 4.65. The van der Waals surface area contributed by atoms with Gasteiger partial charge in [0.25, 0.3) is 0 Å². The van der Waals surface area contributed by atoms with E-state index in [2.05, 4.69) is 43.2 Å². The third-order valence-corrected chi connectivity index (χ3v) is 4.06. The van der Waals surface area contributed by atoms with Crippen LogP contribution in [0.1, 0.15) is 25.3 Å². The first kappa shape index (κ1) is 12.3. The first-order valence-electron chi connectivity index (χ1n) is 7.02. The van der Waals surface area contributed by atoms with Crippen molar-refractivity contribution < 1.29 is 0 Å². The SMILES string of the molecule is Cc1ccc(-c2cc(N)n(CC3CC(C)C3)n2)cc1. The molecule has 2 N–H and O–H groups in total. The minimum atomic E-state index is 0.753. The highest BCUT2D eigenvalue weighted by Gasteiger charge is 2.26. The maximum absolute atomic E-state index is 6.07. The number of aromatic nitrogens is 2. The number of aryl methyl sites for hydroxylation is 1. The van der Waals surface area contributed by atoms with Crippen LogP contribution in [-0.2, 0) is 6.54 Å². The van der Waals surface area contributed by atoms with Gasteiger partial charge in [-0.15, -0.1) is 0 Å². The van der Waals surface area contributed by atoms with Crippen molar-refractivity contribution in [3.05, 3.63) is 35.9 Å². The summed E-state index contributed by atoms with van der Waals surface area (Å²) < 4.78 is 1.96. The number of hydrogen-bond acceptors (Lipinski definition) is 2. The van der Waals surface area contributed by atoms with Gasteiger partial charge in [0.2, 0.25) is 0 Å². The molecule has 100 valence electrons. The lowest BCUT2D eigenvalue weighted by atomic mass is 9.76. The van der Waals surface area contributed by atoms with Gasteiger partial charge in [-0.3, -0.25) is 0 Å². The average molecular weight is 255 g/mol. The molecule has 1 saturated carbocycles. The van der Waals surface area contributed by atoms with E-state index in [9.17, 15) is 0 Å².